The zero-order valence-electron chi connectivity index (χ0n) is 18.5. The van der Waals surface area contributed by atoms with Crippen molar-refractivity contribution in [3.8, 4) is 5.75 Å². The molecule has 1 N–H and O–H groups in total. The number of methoxy groups -OCH3 is 1. The number of hydrogen-bond donors (Lipinski definition) is 1. The second-order valence-corrected chi connectivity index (χ2v) is 9.27. The second-order valence-electron chi connectivity index (χ2n) is 7.59. The van der Waals surface area contributed by atoms with Crippen molar-refractivity contribution in [2.24, 2.45) is 0 Å². The number of sulfonamides is 1. The van der Waals surface area contributed by atoms with Crippen LogP contribution in [0.3, 0.4) is 0 Å². The summed E-state index contributed by atoms with van der Waals surface area (Å²) in [6, 6.07) is 25.7. The van der Waals surface area contributed by atoms with E-state index >= 15 is 0 Å². The summed E-state index contributed by atoms with van der Waals surface area (Å²) in [5, 5.41) is 0. The number of nitrogens with one attached hydrogen (secondary N) is 1. The van der Waals surface area contributed by atoms with Crippen molar-refractivity contribution in [2.45, 2.75) is 18.0 Å². The maximum absolute atomic E-state index is 13.4. The summed E-state index contributed by atoms with van der Waals surface area (Å²) in [4.78, 5) is 15.1. The van der Waals surface area contributed by atoms with E-state index in [4.69, 9.17) is 9.15 Å². The molecule has 0 spiro atoms. The molecule has 0 aliphatic heterocycles. The maximum Gasteiger partial charge on any atom is 0.261 e. The standard InChI is InChI=1S/C26H24N2O5S/c1-32-23-14-12-22(13-15-23)27-34(30,31)25-11-5-9-21(17-25)26(29)28(19-24-10-6-16-33-24)18-20-7-3-2-4-8-20/h2-17,27H,18-19H2,1H3. The molecule has 1 amide bonds. The monoisotopic (exact) mass is 476 g/mol. The predicted octanol–water partition coefficient (Wildman–Crippen LogP) is 4.93. The van der Waals surface area contributed by atoms with Gasteiger partial charge < -0.3 is 14.1 Å². The number of carbonyl (C=O) groups excluding carboxylic acids is 1. The summed E-state index contributed by atoms with van der Waals surface area (Å²) in [7, 11) is -2.37. The van der Waals surface area contributed by atoms with Gasteiger partial charge in [-0.2, -0.15) is 0 Å². The van der Waals surface area contributed by atoms with Crippen LogP contribution in [-0.4, -0.2) is 26.3 Å². The third-order valence-corrected chi connectivity index (χ3v) is 6.54. The summed E-state index contributed by atoms with van der Waals surface area (Å²) in [5.74, 6) is 0.946. The van der Waals surface area contributed by atoms with Gasteiger partial charge in [0.1, 0.15) is 11.5 Å². The molecule has 3 aromatic carbocycles. The minimum atomic E-state index is -3.90. The van der Waals surface area contributed by atoms with E-state index in [1.807, 2.05) is 30.3 Å². The van der Waals surface area contributed by atoms with Crippen molar-refractivity contribution in [1.82, 2.24) is 4.90 Å². The number of hydrogen-bond acceptors (Lipinski definition) is 5. The fraction of sp³-hybridized carbons (Fsp3) is 0.115. The molecule has 1 heterocycles. The zero-order valence-corrected chi connectivity index (χ0v) is 19.4. The van der Waals surface area contributed by atoms with Gasteiger partial charge in [0.2, 0.25) is 0 Å². The SMILES string of the molecule is COc1ccc(NS(=O)(=O)c2cccc(C(=O)N(Cc3ccccc3)Cc3ccco3)c2)cc1. The number of furan rings is 1. The summed E-state index contributed by atoms with van der Waals surface area (Å²) in [6.45, 7) is 0.600. The van der Waals surface area contributed by atoms with Crippen molar-refractivity contribution in [1.29, 1.82) is 0 Å². The van der Waals surface area contributed by atoms with Gasteiger partial charge in [0.05, 0.1) is 24.8 Å². The first-order valence-corrected chi connectivity index (χ1v) is 12.1. The Morgan fingerprint density at radius 3 is 2.35 bits per heavy atom. The fourth-order valence-corrected chi connectivity index (χ4v) is 4.55. The van der Waals surface area contributed by atoms with Crippen LogP contribution in [0.2, 0.25) is 0 Å². The molecule has 0 fully saturated rings. The van der Waals surface area contributed by atoms with Crippen LogP contribution < -0.4 is 9.46 Å². The number of rotatable bonds is 9. The average Bonchev–Trinajstić information content (AvgIpc) is 3.37. The van der Waals surface area contributed by atoms with E-state index < -0.39 is 10.0 Å². The molecule has 0 saturated heterocycles. The van der Waals surface area contributed by atoms with Gasteiger partial charge in [-0.1, -0.05) is 36.4 Å². The lowest BCUT2D eigenvalue weighted by molar-refractivity contribution is 0.0717. The van der Waals surface area contributed by atoms with E-state index in [0.29, 0.717) is 23.7 Å². The Balaban J connectivity index is 1.58. The number of nitrogens with zero attached hydrogens (tertiary/aromatic N) is 1. The number of anilines is 1. The van der Waals surface area contributed by atoms with Crippen molar-refractivity contribution >= 4 is 21.6 Å². The molecular weight excluding hydrogens is 452 g/mol. The Morgan fingerprint density at radius 1 is 0.912 bits per heavy atom. The third-order valence-electron chi connectivity index (χ3n) is 5.16. The molecule has 4 rings (SSSR count). The van der Waals surface area contributed by atoms with Crippen LogP contribution in [-0.2, 0) is 23.1 Å². The van der Waals surface area contributed by atoms with Crippen molar-refractivity contribution in [3.05, 3.63) is 114 Å². The van der Waals surface area contributed by atoms with E-state index in [0.717, 1.165) is 5.56 Å². The molecule has 7 nitrogen and oxygen atoms in total. The Labute approximate surface area is 198 Å². The first-order valence-electron chi connectivity index (χ1n) is 10.6. The molecule has 0 unspecified atom stereocenters. The van der Waals surface area contributed by atoms with E-state index in [1.165, 1.54) is 19.2 Å². The van der Waals surface area contributed by atoms with Gasteiger partial charge in [0.15, 0.2) is 0 Å². The lowest BCUT2D eigenvalue weighted by Crippen LogP contribution is -2.30. The highest BCUT2D eigenvalue weighted by atomic mass is 32.2. The minimum Gasteiger partial charge on any atom is -0.497 e. The number of carbonyl (C=O) groups is 1. The molecule has 0 aliphatic rings. The third kappa shape index (κ3) is 5.65. The first kappa shape index (κ1) is 23.1. The van der Waals surface area contributed by atoms with Crippen LogP contribution in [0.5, 0.6) is 5.75 Å². The normalized spacial score (nSPS) is 11.1. The highest BCUT2D eigenvalue weighted by Gasteiger charge is 2.21. The van der Waals surface area contributed by atoms with Crippen LogP contribution in [0, 0.1) is 0 Å². The largest absolute Gasteiger partial charge is 0.497 e. The smallest absolute Gasteiger partial charge is 0.261 e. The zero-order chi connectivity index (χ0) is 24.0. The Hall–Kier alpha value is -4.04. The quantitative estimate of drug-likeness (QED) is 0.370. The maximum atomic E-state index is 13.4. The van der Waals surface area contributed by atoms with Gasteiger partial charge in [0, 0.05) is 17.8 Å². The molecule has 0 aliphatic carbocycles. The first-order chi connectivity index (χ1) is 16.4. The average molecular weight is 477 g/mol. The molecule has 34 heavy (non-hydrogen) atoms. The summed E-state index contributed by atoms with van der Waals surface area (Å²) < 4.78 is 39.0. The van der Waals surface area contributed by atoms with Crippen LogP contribution in [0.15, 0.2) is 107 Å². The predicted molar refractivity (Wildman–Crippen MR) is 129 cm³/mol. The van der Waals surface area contributed by atoms with Gasteiger partial charge in [0.25, 0.3) is 15.9 Å². The van der Waals surface area contributed by atoms with Gasteiger partial charge in [-0.05, 0) is 60.2 Å². The lowest BCUT2D eigenvalue weighted by atomic mass is 10.1. The Morgan fingerprint density at radius 2 is 1.68 bits per heavy atom. The molecule has 1 aromatic heterocycles. The topological polar surface area (TPSA) is 88.8 Å². The molecule has 0 saturated carbocycles. The van der Waals surface area contributed by atoms with Crippen LogP contribution >= 0.6 is 0 Å². The van der Waals surface area contributed by atoms with E-state index in [-0.39, 0.29) is 22.9 Å². The number of benzene rings is 3. The molecule has 8 heteroatoms. The summed E-state index contributed by atoms with van der Waals surface area (Å²) in [6.07, 6.45) is 1.55. The van der Waals surface area contributed by atoms with Crippen molar-refractivity contribution in [2.75, 3.05) is 11.8 Å². The lowest BCUT2D eigenvalue weighted by Gasteiger charge is -2.22. The van der Waals surface area contributed by atoms with E-state index in [9.17, 15) is 13.2 Å². The van der Waals surface area contributed by atoms with Crippen LogP contribution in [0.4, 0.5) is 5.69 Å². The summed E-state index contributed by atoms with van der Waals surface area (Å²) >= 11 is 0. The van der Waals surface area contributed by atoms with E-state index in [2.05, 4.69) is 4.72 Å². The highest BCUT2D eigenvalue weighted by Crippen LogP contribution is 2.21. The Kier molecular flexibility index (Phi) is 6.98. The second kappa shape index (κ2) is 10.3. The number of amides is 1. The van der Waals surface area contributed by atoms with Crippen molar-refractivity contribution in [3.63, 3.8) is 0 Å². The Bertz CT molecular complexity index is 1340. The van der Waals surface area contributed by atoms with Gasteiger partial charge >= 0.3 is 0 Å². The molecule has 4 aromatic rings. The molecule has 0 atom stereocenters. The summed E-state index contributed by atoms with van der Waals surface area (Å²) in [5.41, 5.74) is 1.61. The van der Waals surface area contributed by atoms with Gasteiger partial charge in [-0.25, -0.2) is 8.42 Å². The fourth-order valence-electron chi connectivity index (χ4n) is 3.45. The van der Waals surface area contributed by atoms with Crippen LogP contribution in [0.1, 0.15) is 21.7 Å². The van der Waals surface area contributed by atoms with Gasteiger partial charge in [-0.15, -0.1) is 0 Å². The van der Waals surface area contributed by atoms with Crippen LogP contribution in [0.25, 0.3) is 0 Å². The molecule has 0 bridgehead atoms. The molecular formula is C26H24N2O5S. The van der Waals surface area contributed by atoms with E-state index in [1.54, 1.807) is 59.7 Å². The molecule has 174 valence electrons. The molecule has 0 radical (unpaired) electrons. The minimum absolute atomic E-state index is 0.00757. The van der Waals surface area contributed by atoms with Crippen molar-refractivity contribution < 1.29 is 22.4 Å². The number of ether oxygens (including phenoxy) is 1. The van der Waals surface area contributed by atoms with Gasteiger partial charge in [-0.3, -0.25) is 9.52 Å². The highest BCUT2D eigenvalue weighted by molar-refractivity contribution is 7.92.